The molecule has 1 aromatic heterocycles. The molecule has 1 saturated carbocycles. The van der Waals surface area contributed by atoms with Gasteiger partial charge in [-0.2, -0.15) is 0 Å². The molecule has 2 N–H and O–H groups in total. The average molecular weight is 512 g/mol. The zero-order chi connectivity index (χ0) is 19.8. The molecule has 160 valence electrons. The van der Waals surface area contributed by atoms with Crippen LogP contribution in [0.3, 0.4) is 0 Å². The summed E-state index contributed by atoms with van der Waals surface area (Å²) in [5, 5.41) is 14.8. The molecule has 1 fully saturated rings. The SMILES string of the molecule is CCc1nncn1CCNC(=NC)NCc1ccc(C)cc1OC1CCCC1.I. The van der Waals surface area contributed by atoms with Crippen molar-refractivity contribution in [2.24, 2.45) is 4.99 Å². The normalized spacial score (nSPS) is 14.5. The largest absolute Gasteiger partial charge is 0.490 e. The van der Waals surface area contributed by atoms with Crippen LogP contribution in [0.5, 0.6) is 5.75 Å². The number of ether oxygens (including phenoxy) is 1. The van der Waals surface area contributed by atoms with Crippen LogP contribution >= 0.6 is 24.0 Å². The standard InChI is InChI=1S/C21H32N6O.HI/c1-4-20-26-25-15-27(20)12-11-23-21(22-3)24-14-17-10-9-16(2)13-19(17)28-18-7-5-6-8-18;/h9-10,13,15,18H,4-8,11-12,14H2,1-3H3,(H2,22,23,24);1H. The van der Waals surface area contributed by atoms with Crippen LogP contribution in [-0.4, -0.2) is 40.4 Å². The maximum absolute atomic E-state index is 6.29. The van der Waals surface area contributed by atoms with Gasteiger partial charge in [0.15, 0.2) is 5.96 Å². The van der Waals surface area contributed by atoms with Crippen LogP contribution in [0.4, 0.5) is 0 Å². The van der Waals surface area contributed by atoms with Gasteiger partial charge in [-0.1, -0.05) is 19.1 Å². The molecular formula is C21H33IN6O. The number of nitrogens with one attached hydrogen (secondary N) is 2. The summed E-state index contributed by atoms with van der Waals surface area (Å²) < 4.78 is 8.35. The molecule has 0 amide bonds. The van der Waals surface area contributed by atoms with E-state index in [1.165, 1.54) is 18.4 Å². The minimum atomic E-state index is 0. The zero-order valence-electron chi connectivity index (χ0n) is 17.6. The van der Waals surface area contributed by atoms with Gasteiger partial charge in [-0.15, -0.1) is 34.2 Å². The highest BCUT2D eigenvalue weighted by Crippen LogP contribution is 2.27. The highest BCUT2D eigenvalue weighted by molar-refractivity contribution is 14.0. The number of hydrogen-bond donors (Lipinski definition) is 2. The first kappa shape index (κ1) is 23.4. The number of guanidine groups is 1. The van der Waals surface area contributed by atoms with Gasteiger partial charge >= 0.3 is 0 Å². The second-order valence-electron chi connectivity index (χ2n) is 7.28. The van der Waals surface area contributed by atoms with E-state index in [1.54, 1.807) is 13.4 Å². The minimum absolute atomic E-state index is 0. The number of rotatable bonds is 8. The second kappa shape index (κ2) is 12.0. The summed E-state index contributed by atoms with van der Waals surface area (Å²) in [6.45, 7) is 6.42. The van der Waals surface area contributed by atoms with Gasteiger partial charge in [-0.3, -0.25) is 4.99 Å². The van der Waals surface area contributed by atoms with Crippen molar-refractivity contribution < 1.29 is 4.74 Å². The molecule has 1 aliphatic carbocycles. The molecule has 3 rings (SSSR count). The Bertz CT molecular complexity index is 785. The third-order valence-corrected chi connectivity index (χ3v) is 5.15. The van der Waals surface area contributed by atoms with Crippen LogP contribution < -0.4 is 15.4 Å². The number of nitrogens with zero attached hydrogens (tertiary/aromatic N) is 4. The molecule has 0 bridgehead atoms. The van der Waals surface area contributed by atoms with Crippen molar-refractivity contribution in [3.8, 4) is 5.75 Å². The summed E-state index contributed by atoms with van der Waals surface area (Å²) >= 11 is 0. The molecule has 0 saturated heterocycles. The third kappa shape index (κ3) is 6.87. The monoisotopic (exact) mass is 512 g/mol. The molecule has 2 aromatic rings. The van der Waals surface area contributed by atoms with Crippen LogP contribution in [0.1, 0.15) is 49.6 Å². The fourth-order valence-electron chi connectivity index (χ4n) is 3.54. The lowest BCUT2D eigenvalue weighted by molar-refractivity contribution is 0.207. The topological polar surface area (TPSA) is 76.4 Å². The minimum Gasteiger partial charge on any atom is -0.490 e. The molecule has 29 heavy (non-hydrogen) atoms. The Morgan fingerprint density at radius 1 is 1.28 bits per heavy atom. The Balaban J connectivity index is 0.00000300. The van der Waals surface area contributed by atoms with Gasteiger partial charge < -0.3 is 19.9 Å². The summed E-state index contributed by atoms with van der Waals surface area (Å²) in [5.41, 5.74) is 2.38. The smallest absolute Gasteiger partial charge is 0.191 e. The van der Waals surface area contributed by atoms with E-state index < -0.39 is 0 Å². The molecule has 1 aliphatic rings. The zero-order valence-corrected chi connectivity index (χ0v) is 20.0. The van der Waals surface area contributed by atoms with Crippen molar-refractivity contribution in [1.82, 2.24) is 25.4 Å². The van der Waals surface area contributed by atoms with Crippen LogP contribution in [0, 0.1) is 6.92 Å². The lowest BCUT2D eigenvalue weighted by Gasteiger charge is -2.18. The fourth-order valence-corrected chi connectivity index (χ4v) is 3.54. The lowest BCUT2D eigenvalue weighted by atomic mass is 10.1. The van der Waals surface area contributed by atoms with E-state index in [2.05, 4.69) is 62.4 Å². The van der Waals surface area contributed by atoms with Gasteiger partial charge in [-0.05, 0) is 44.2 Å². The van der Waals surface area contributed by atoms with Crippen LogP contribution in [0.2, 0.25) is 0 Å². The molecule has 1 heterocycles. The van der Waals surface area contributed by atoms with Gasteiger partial charge in [0.1, 0.15) is 17.9 Å². The number of aliphatic imine (C=N–C) groups is 1. The number of halogens is 1. The maximum Gasteiger partial charge on any atom is 0.191 e. The average Bonchev–Trinajstić information content (AvgIpc) is 3.37. The van der Waals surface area contributed by atoms with Crippen molar-refractivity contribution in [1.29, 1.82) is 0 Å². The van der Waals surface area contributed by atoms with Crippen molar-refractivity contribution in [2.45, 2.75) is 65.1 Å². The molecular weight excluding hydrogens is 479 g/mol. The Hall–Kier alpha value is -1.84. The molecule has 1 aromatic carbocycles. The Kier molecular flexibility index (Phi) is 9.69. The number of benzene rings is 1. The van der Waals surface area contributed by atoms with Crippen molar-refractivity contribution >= 4 is 29.9 Å². The Labute approximate surface area is 190 Å². The van der Waals surface area contributed by atoms with Crippen molar-refractivity contribution in [3.63, 3.8) is 0 Å². The van der Waals surface area contributed by atoms with Crippen molar-refractivity contribution in [3.05, 3.63) is 41.5 Å². The fraction of sp³-hybridized carbons (Fsp3) is 0.571. The van der Waals surface area contributed by atoms with E-state index in [0.717, 1.165) is 55.4 Å². The molecule has 0 aliphatic heterocycles. The predicted molar refractivity (Wildman–Crippen MR) is 127 cm³/mol. The van der Waals surface area contributed by atoms with Crippen LogP contribution in [-0.2, 0) is 19.5 Å². The predicted octanol–water partition coefficient (Wildman–Crippen LogP) is 3.45. The first-order valence-corrected chi connectivity index (χ1v) is 10.3. The number of aryl methyl sites for hydroxylation is 2. The summed E-state index contributed by atoms with van der Waals surface area (Å²) in [6, 6.07) is 6.42. The van der Waals surface area contributed by atoms with Gasteiger partial charge in [0, 0.05) is 38.7 Å². The van der Waals surface area contributed by atoms with E-state index in [4.69, 9.17) is 4.74 Å². The first-order chi connectivity index (χ1) is 13.7. The van der Waals surface area contributed by atoms with Crippen LogP contribution in [0.25, 0.3) is 0 Å². The highest BCUT2D eigenvalue weighted by atomic mass is 127. The van der Waals surface area contributed by atoms with E-state index in [9.17, 15) is 0 Å². The van der Waals surface area contributed by atoms with Gasteiger partial charge in [0.05, 0.1) is 6.10 Å². The van der Waals surface area contributed by atoms with E-state index in [0.29, 0.717) is 12.6 Å². The van der Waals surface area contributed by atoms with E-state index in [-0.39, 0.29) is 24.0 Å². The second-order valence-corrected chi connectivity index (χ2v) is 7.28. The Morgan fingerprint density at radius 2 is 2.07 bits per heavy atom. The quantitative estimate of drug-likeness (QED) is 0.322. The third-order valence-electron chi connectivity index (χ3n) is 5.15. The van der Waals surface area contributed by atoms with Crippen molar-refractivity contribution in [2.75, 3.05) is 13.6 Å². The van der Waals surface area contributed by atoms with E-state index >= 15 is 0 Å². The molecule has 0 atom stereocenters. The number of hydrogen-bond acceptors (Lipinski definition) is 4. The summed E-state index contributed by atoms with van der Waals surface area (Å²) in [5.74, 6) is 2.77. The van der Waals surface area contributed by atoms with Gasteiger partial charge in [0.2, 0.25) is 0 Å². The summed E-state index contributed by atoms with van der Waals surface area (Å²) in [6.07, 6.45) is 7.87. The molecule has 0 spiro atoms. The summed E-state index contributed by atoms with van der Waals surface area (Å²) in [7, 11) is 1.79. The first-order valence-electron chi connectivity index (χ1n) is 10.3. The summed E-state index contributed by atoms with van der Waals surface area (Å²) in [4.78, 5) is 4.33. The molecule has 0 radical (unpaired) electrons. The van der Waals surface area contributed by atoms with Gasteiger partial charge in [0.25, 0.3) is 0 Å². The molecule has 0 unspecified atom stereocenters. The maximum atomic E-state index is 6.29. The lowest BCUT2D eigenvalue weighted by Crippen LogP contribution is -2.38. The Morgan fingerprint density at radius 3 is 2.79 bits per heavy atom. The molecule has 7 nitrogen and oxygen atoms in total. The molecule has 8 heteroatoms. The number of aromatic nitrogens is 3. The highest BCUT2D eigenvalue weighted by Gasteiger charge is 2.18. The van der Waals surface area contributed by atoms with Crippen LogP contribution in [0.15, 0.2) is 29.5 Å². The van der Waals surface area contributed by atoms with E-state index in [1.807, 2.05) is 0 Å². The van der Waals surface area contributed by atoms with Gasteiger partial charge in [-0.25, -0.2) is 0 Å².